The number of hydrogen-bond acceptors (Lipinski definition) is 2. The Balaban J connectivity index is 2.10. The summed E-state index contributed by atoms with van der Waals surface area (Å²) in [7, 11) is 0. The number of nitrogens with zero attached hydrogens (tertiary/aromatic N) is 1. The molecule has 132 valence electrons. The Bertz CT molecular complexity index is 727. The number of halogens is 1. The SMILES string of the molecule is CCN(Cc1ccccc1)C(=O)C(C)(C)C(=O)Nc1ccc(F)cc1. The second kappa shape index (κ2) is 7.92. The third-order valence-corrected chi connectivity index (χ3v) is 4.09. The van der Waals surface area contributed by atoms with E-state index < -0.39 is 11.3 Å². The fraction of sp³-hybridized carbons (Fsp3) is 0.300. The first-order valence-corrected chi connectivity index (χ1v) is 8.25. The third-order valence-electron chi connectivity index (χ3n) is 4.09. The summed E-state index contributed by atoms with van der Waals surface area (Å²) >= 11 is 0. The van der Waals surface area contributed by atoms with Gasteiger partial charge in [0.1, 0.15) is 11.2 Å². The second-order valence-electron chi connectivity index (χ2n) is 6.39. The largest absolute Gasteiger partial charge is 0.338 e. The summed E-state index contributed by atoms with van der Waals surface area (Å²) in [6, 6.07) is 15.1. The molecule has 2 aromatic carbocycles. The molecule has 0 fully saturated rings. The molecule has 25 heavy (non-hydrogen) atoms. The van der Waals surface area contributed by atoms with Crippen molar-refractivity contribution in [2.75, 3.05) is 11.9 Å². The average molecular weight is 342 g/mol. The van der Waals surface area contributed by atoms with Crippen LogP contribution in [0, 0.1) is 11.2 Å². The van der Waals surface area contributed by atoms with Gasteiger partial charge in [-0.3, -0.25) is 9.59 Å². The summed E-state index contributed by atoms with van der Waals surface area (Å²) in [5.41, 5.74) is 0.227. The van der Waals surface area contributed by atoms with E-state index in [4.69, 9.17) is 0 Å². The summed E-state index contributed by atoms with van der Waals surface area (Å²) in [4.78, 5) is 27.1. The predicted octanol–water partition coefficient (Wildman–Crippen LogP) is 3.84. The van der Waals surface area contributed by atoms with Crippen molar-refractivity contribution in [3.8, 4) is 0 Å². The van der Waals surface area contributed by atoms with Crippen LogP contribution < -0.4 is 5.32 Å². The zero-order valence-electron chi connectivity index (χ0n) is 14.8. The molecule has 1 N–H and O–H groups in total. The molecule has 0 spiro atoms. The smallest absolute Gasteiger partial charge is 0.239 e. The molecule has 2 aromatic rings. The number of rotatable bonds is 6. The molecule has 0 aliphatic rings. The molecule has 0 heterocycles. The Morgan fingerprint density at radius 3 is 2.20 bits per heavy atom. The predicted molar refractivity (Wildman–Crippen MR) is 96.3 cm³/mol. The summed E-state index contributed by atoms with van der Waals surface area (Å²) in [5.74, 6) is -1.05. The zero-order valence-corrected chi connectivity index (χ0v) is 14.8. The van der Waals surface area contributed by atoms with Gasteiger partial charge in [0, 0.05) is 18.8 Å². The van der Waals surface area contributed by atoms with Crippen LogP contribution in [0.15, 0.2) is 54.6 Å². The molecule has 0 aliphatic heterocycles. The quantitative estimate of drug-likeness (QED) is 0.811. The van der Waals surface area contributed by atoms with Crippen molar-refractivity contribution in [1.82, 2.24) is 4.90 Å². The van der Waals surface area contributed by atoms with Crippen molar-refractivity contribution in [3.05, 3.63) is 66.0 Å². The molecule has 0 unspecified atom stereocenters. The van der Waals surface area contributed by atoms with Crippen LogP contribution in [0.3, 0.4) is 0 Å². The Morgan fingerprint density at radius 2 is 1.64 bits per heavy atom. The lowest BCUT2D eigenvalue weighted by atomic mass is 9.90. The highest BCUT2D eigenvalue weighted by Crippen LogP contribution is 2.23. The monoisotopic (exact) mass is 342 g/mol. The third kappa shape index (κ3) is 4.66. The lowest BCUT2D eigenvalue weighted by Crippen LogP contribution is -2.47. The Hall–Kier alpha value is -2.69. The first-order valence-electron chi connectivity index (χ1n) is 8.25. The minimum absolute atomic E-state index is 0.251. The summed E-state index contributed by atoms with van der Waals surface area (Å²) in [6.45, 7) is 6.03. The maximum Gasteiger partial charge on any atom is 0.239 e. The summed E-state index contributed by atoms with van der Waals surface area (Å²) in [6.07, 6.45) is 0. The van der Waals surface area contributed by atoms with Gasteiger partial charge >= 0.3 is 0 Å². The van der Waals surface area contributed by atoms with Gasteiger partial charge in [0.2, 0.25) is 11.8 Å². The molecule has 0 radical (unpaired) electrons. The van der Waals surface area contributed by atoms with Gasteiger partial charge in [-0.15, -0.1) is 0 Å². The van der Waals surface area contributed by atoms with E-state index in [0.29, 0.717) is 18.8 Å². The molecule has 0 saturated heterocycles. The van der Waals surface area contributed by atoms with Gasteiger partial charge in [-0.25, -0.2) is 4.39 Å². The van der Waals surface area contributed by atoms with Crippen LogP contribution in [0.5, 0.6) is 0 Å². The molecule has 0 bridgehead atoms. The van der Waals surface area contributed by atoms with Crippen molar-refractivity contribution in [2.45, 2.75) is 27.3 Å². The van der Waals surface area contributed by atoms with E-state index in [1.54, 1.807) is 18.7 Å². The van der Waals surface area contributed by atoms with Gasteiger partial charge in [0.05, 0.1) is 0 Å². The molecule has 0 aromatic heterocycles. The first-order chi connectivity index (χ1) is 11.8. The van der Waals surface area contributed by atoms with E-state index in [1.807, 2.05) is 37.3 Å². The van der Waals surface area contributed by atoms with E-state index in [0.717, 1.165) is 5.56 Å². The molecule has 0 saturated carbocycles. The number of anilines is 1. The van der Waals surface area contributed by atoms with Crippen LogP contribution in [-0.4, -0.2) is 23.3 Å². The Labute approximate surface area is 147 Å². The number of amides is 2. The van der Waals surface area contributed by atoms with E-state index in [2.05, 4.69) is 5.32 Å². The van der Waals surface area contributed by atoms with Gasteiger partial charge in [0.25, 0.3) is 0 Å². The number of carbonyl (C=O) groups is 2. The number of hydrogen-bond donors (Lipinski definition) is 1. The van der Waals surface area contributed by atoms with Crippen LogP contribution in [0.4, 0.5) is 10.1 Å². The molecule has 0 aliphatic carbocycles. The fourth-order valence-corrected chi connectivity index (χ4v) is 2.44. The lowest BCUT2D eigenvalue weighted by Gasteiger charge is -2.30. The highest BCUT2D eigenvalue weighted by atomic mass is 19.1. The second-order valence-corrected chi connectivity index (χ2v) is 6.39. The van der Waals surface area contributed by atoms with Crippen LogP contribution in [-0.2, 0) is 16.1 Å². The highest BCUT2D eigenvalue weighted by molar-refractivity contribution is 6.09. The van der Waals surface area contributed by atoms with E-state index in [1.165, 1.54) is 24.3 Å². The van der Waals surface area contributed by atoms with E-state index >= 15 is 0 Å². The lowest BCUT2D eigenvalue weighted by molar-refractivity contribution is -0.146. The molecule has 4 nitrogen and oxygen atoms in total. The minimum Gasteiger partial charge on any atom is -0.338 e. The van der Waals surface area contributed by atoms with Crippen molar-refractivity contribution in [3.63, 3.8) is 0 Å². The van der Waals surface area contributed by atoms with Crippen molar-refractivity contribution >= 4 is 17.5 Å². The maximum absolute atomic E-state index is 13.0. The van der Waals surface area contributed by atoms with Crippen molar-refractivity contribution in [1.29, 1.82) is 0 Å². The molecular weight excluding hydrogens is 319 g/mol. The van der Waals surface area contributed by atoms with Gasteiger partial charge in [-0.05, 0) is 50.6 Å². The van der Waals surface area contributed by atoms with Crippen molar-refractivity contribution in [2.24, 2.45) is 5.41 Å². The Kier molecular flexibility index (Phi) is 5.91. The van der Waals surface area contributed by atoms with Crippen LogP contribution in [0.1, 0.15) is 26.3 Å². The van der Waals surface area contributed by atoms with Crippen LogP contribution >= 0.6 is 0 Å². The number of carbonyl (C=O) groups excluding carboxylic acids is 2. The first kappa shape index (κ1) is 18.6. The van der Waals surface area contributed by atoms with Gasteiger partial charge in [-0.1, -0.05) is 30.3 Å². The Morgan fingerprint density at radius 1 is 1.04 bits per heavy atom. The average Bonchev–Trinajstić information content (AvgIpc) is 2.61. The molecule has 2 rings (SSSR count). The minimum atomic E-state index is -1.24. The normalized spacial score (nSPS) is 11.0. The fourth-order valence-electron chi connectivity index (χ4n) is 2.44. The van der Waals surface area contributed by atoms with Crippen LogP contribution in [0.25, 0.3) is 0 Å². The highest BCUT2D eigenvalue weighted by Gasteiger charge is 2.38. The molecule has 0 atom stereocenters. The van der Waals surface area contributed by atoms with Crippen LogP contribution in [0.2, 0.25) is 0 Å². The molecule has 2 amide bonds. The molecule has 5 heteroatoms. The standard InChI is InChI=1S/C20H23FN2O2/c1-4-23(14-15-8-6-5-7-9-15)19(25)20(2,3)18(24)22-17-12-10-16(21)11-13-17/h5-13H,4,14H2,1-3H3,(H,22,24). The van der Waals surface area contributed by atoms with E-state index in [9.17, 15) is 14.0 Å². The summed E-state index contributed by atoms with van der Waals surface area (Å²) < 4.78 is 13.0. The summed E-state index contributed by atoms with van der Waals surface area (Å²) in [5, 5.41) is 2.68. The maximum atomic E-state index is 13.0. The number of benzene rings is 2. The van der Waals surface area contributed by atoms with Gasteiger partial charge < -0.3 is 10.2 Å². The molecular formula is C20H23FN2O2. The van der Waals surface area contributed by atoms with Gasteiger partial charge in [-0.2, -0.15) is 0 Å². The van der Waals surface area contributed by atoms with Gasteiger partial charge in [0.15, 0.2) is 0 Å². The zero-order chi connectivity index (χ0) is 18.4. The van der Waals surface area contributed by atoms with E-state index in [-0.39, 0.29) is 11.7 Å². The topological polar surface area (TPSA) is 49.4 Å². The number of nitrogens with one attached hydrogen (secondary N) is 1. The van der Waals surface area contributed by atoms with Crippen molar-refractivity contribution < 1.29 is 14.0 Å².